The fourth-order valence-corrected chi connectivity index (χ4v) is 2.41. The molecule has 1 unspecified atom stereocenters. The number of nitrogens with two attached hydrogens (primary N) is 2. The Morgan fingerprint density at radius 1 is 0.957 bits per heavy atom. The third-order valence-electron chi connectivity index (χ3n) is 3.61. The molecular formula is C19H20N2O2. The van der Waals surface area contributed by atoms with Gasteiger partial charge in [-0.1, -0.05) is 12.1 Å². The zero-order valence-corrected chi connectivity index (χ0v) is 13.0. The van der Waals surface area contributed by atoms with Crippen LogP contribution < -0.4 is 20.9 Å². The molecule has 4 N–H and O–H groups in total. The van der Waals surface area contributed by atoms with Crippen molar-refractivity contribution in [2.24, 2.45) is 0 Å². The number of anilines is 2. The first-order chi connectivity index (χ1) is 11.0. The van der Waals surface area contributed by atoms with E-state index >= 15 is 0 Å². The molecule has 4 heteroatoms. The highest BCUT2D eigenvalue weighted by Crippen LogP contribution is 2.29. The van der Waals surface area contributed by atoms with E-state index in [1.54, 1.807) is 6.07 Å². The van der Waals surface area contributed by atoms with Gasteiger partial charge in [0.1, 0.15) is 22.9 Å². The molecule has 1 aliphatic rings. The number of hydrogen-bond donors (Lipinski definition) is 2. The standard InChI is InChI=1S/C19H20N2O2/c1-19(23-18-7-3-5-15(21)13-18)10-8-16(9-11-19)22-17-6-2-4-14(20)12-17/h2-10,12-13H,11,20-21H2,1H3. The molecule has 2 aromatic carbocycles. The van der Waals surface area contributed by atoms with Gasteiger partial charge in [-0.2, -0.15) is 0 Å². The third kappa shape index (κ3) is 3.86. The molecule has 0 aliphatic heterocycles. The normalized spacial score (nSPS) is 20.0. The first kappa shape index (κ1) is 15.0. The van der Waals surface area contributed by atoms with Gasteiger partial charge in [-0.15, -0.1) is 0 Å². The van der Waals surface area contributed by atoms with E-state index in [9.17, 15) is 0 Å². The van der Waals surface area contributed by atoms with Crippen molar-refractivity contribution >= 4 is 11.4 Å². The van der Waals surface area contributed by atoms with E-state index in [2.05, 4.69) is 0 Å². The fourth-order valence-electron chi connectivity index (χ4n) is 2.41. The summed E-state index contributed by atoms with van der Waals surface area (Å²) in [7, 11) is 0. The summed E-state index contributed by atoms with van der Waals surface area (Å²) in [5, 5.41) is 0. The number of benzene rings is 2. The minimum Gasteiger partial charge on any atom is -0.483 e. The maximum Gasteiger partial charge on any atom is 0.129 e. The molecule has 4 nitrogen and oxygen atoms in total. The summed E-state index contributed by atoms with van der Waals surface area (Å²) in [6.07, 6.45) is 6.63. The van der Waals surface area contributed by atoms with Crippen molar-refractivity contribution in [1.29, 1.82) is 0 Å². The van der Waals surface area contributed by atoms with E-state index in [-0.39, 0.29) is 0 Å². The minimum atomic E-state index is -0.420. The number of rotatable bonds is 4. The van der Waals surface area contributed by atoms with Crippen molar-refractivity contribution in [1.82, 2.24) is 0 Å². The van der Waals surface area contributed by atoms with Crippen LogP contribution in [0.15, 0.2) is 72.5 Å². The lowest BCUT2D eigenvalue weighted by Gasteiger charge is -2.29. The van der Waals surface area contributed by atoms with E-state index in [1.165, 1.54) is 0 Å². The van der Waals surface area contributed by atoms with Gasteiger partial charge in [0.15, 0.2) is 0 Å². The maximum atomic E-state index is 6.05. The Bertz CT molecular complexity index is 767. The third-order valence-corrected chi connectivity index (χ3v) is 3.61. The monoisotopic (exact) mass is 308 g/mol. The van der Waals surface area contributed by atoms with Crippen molar-refractivity contribution < 1.29 is 9.47 Å². The molecule has 0 saturated heterocycles. The molecule has 0 saturated carbocycles. The Labute approximate surface area is 136 Å². The van der Waals surface area contributed by atoms with Gasteiger partial charge in [-0.25, -0.2) is 0 Å². The summed E-state index contributed by atoms with van der Waals surface area (Å²) in [6, 6.07) is 14.8. The van der Waals surface area contributed by atoms with Gasteiger partial charge in [0.25, 0.3) is 0 Å². The van der Waals surface area contributed by atoms with Crippen LogP contribution in [0, 0.1) is 0 Å². The molecule has 0 aromatic heterocycles. The second kappa shape index (κ2) is 6.08. The van der Waals surface area contributed by atoms with Crippen molar-refractivity contribution in [3.8, 4) is 11.5 Å². The number of allylic oxidation sites excluding steroid dienone is 1. The van der Waals surface area contributed by atoms with Gasteiger partial charge >= 0.3 is 0 Å². The lowest BCUT2D eigenvalue weighted by molar-refractivity contribution is 0.140. The molecule has 23 heavy (non-hydrogen) atoms. The molecule has 0 heterocycles. The van der Waals surface area contributed by atoms with Crippen LogP contribution in [-0.2, 0) is 0 Å². The molecular weight excluding hydrogens is 288 g/mol. The van der Waals surface area contributed by atoms with E-state index < -0.39 is 5.60 Å². The van der Waals surface area contributed by atoms with E-state index in [4.69, 9.17) is 20.9 Å². The Morgan fingerprint density at radius 3 is 2.22 bits per heavy atom. The summed E-state index contributed by atoms with van der Waals surface area (Å²) in [4.78, 5) is 0. The molecule has 3 rings (SSSR count). The fraction of sp³-hybridized carbons (Fsp3) is 0.158. The largest absolute Gasteiger partial charge is 0.483 e. The van der Waals surface area contributed by atoms with Gasteiger partial charge in [-0.05, 0) is 49.4 Å². The van der Waals surface area contributed by atoms with Gasteiger partial charge in [0, 0.05) is 29.9 Å². The van der Waals surface area contributed by atoms with Crippen LogP contribution in [0.2, 0.25) is 0 Å². The summed E-state index contributed by atoms with van der Waals surface area (Å²) < 4.78 is 11.9. The van der Waals surface area contributed by atoms with Crippen LogP contribution in [0.4, 0.5) is 11.4 Å². The van der Waals surface area contributed by atoms with Crippen LogP contribution in [-0.4, -0.2) is 5.60 Å². The van der Waals surface area contributed by atoms with Gasteiger partial charge in [0.2, 0.25) is 0 Å². The quantitative estimate of drug-likeness (QED) is 0.840. The van der Waals surface area contributed by atoms with Crippen molar-refractivity contribution in [3.63, 3.8) is 0 Å². The number of nitrogen functional groups attached to an aromatic ring is 2. The summed E-state index contributed by atoms with van der Waals surface area (Å²) in [5.74, 6) is 2.26. The number of ether oxygens (including phenoxy) is 2. The summed E-state index contributed by atoms with van der Waals surface area (Å²) in [6.45, 7) is 2.03. The van der Waals surface area contributed by atoms with E-state index in [1.807, 2.05) is 67.6 Å². The van der Waals surface area contributed by atoms with Crippen molar-refractivity contribution in [3.05, 3.63) is 72.5 Å². The average molecular weight is 308 g/mol. The minimum absolute atomic E-state index is 0.420. The first-order valence-electron chi connectivity index (χ1n) is 7.50. The zero-order valence-electron chi connectivity index (χ0n) is 13.0. The molecule has 118 valence electrons. The van der Waals surface area contributed by atoms with Gasteiger partial charge < -0.3 is 20.9 Å². The van der Waals surface area contributed by atoms with Crippen LogP contribution in [0.1, 0.15) is 13.3 Å². The Morgan fingerprint density at radius 2 is 1.61 bits per heavy atom. The lowest BCUT2D eigenvalue weighted by atomic mass is 9.96. The highest BCUT2D eigenvalue weighted by atomic mass is 16.5. The maximum absolute atomic E-state index is 6.05. The zero-order chi connectivity index (χ0) is 16.3. The first-order valence-corrected chi connectivity index (χ1v) is 7.50. The summed E-state index contributed by atoms with van der Waals surface area (Å²) in [5.41, 5.74) is 12.5. The predicted molar refractivity (Wildman–Crippen MR) is 93.2 cm³/mol. The molecule has 0 fully saturated rings. The molecule has 0 radical (unpaired) electrons. The van der Waals surface area contributed by atoms with Gasteiger partial charge in [0.05, 0.1) is 0 Å². The van der Waals surface area contributed by atoms with Crippen LogP contribution >= 0.6 is 0 Å². The SMILES string of the molecule is CC1(Oc2cccc(N)c2)C=CC(Oc2cccc(N)c2)=CC1. The predicted octanol–water partition coefficient (Wildman–Crippen LogP) is 3.91. The second-order valence-electron chi connectivity index (χ2n) is 5.81. The van der Waals surface area contributed by atoms with Crippen LogP contribution in [0.25, 0.3) is 0 Å². The van der Waals surface area contributed by atoms with E-state index in [0.717, 1.165) is 17.3 Å². The van der Waals surface area contributed by atoms with Crippen molar-refractivity contribution in [2.45, 2.75) is 18.9 Å². The highest BCUT2D eigenvalue weighted by Gasteiger charge is 2.25. The molecule has 1 atom stereocenters. The molecule has 0 bridgehead atoms. The number of hydrogen-bond acceptors (Lipinski definition) is 4. The van der Waals surface area contributed by atoms with Gasteiger partial charge in [-0.3, -0.25) is 0 Å². The Kier molecular flexibility index (Phi) is 3.98. The highest BCUT2D eigenvalue weighted by molar-refractivity contribution is 5.45. The average Bonchev–Trinajstić information content (AvgIpc) is 2.50. The molecule has 1 aliphatic carbocycles. The van der Waals surface area contributed by atoms with Crippen LogP contribution in [0.3, 0.4) is 0 Å². The second-order valence-corrected chi connectivity index (χ2v) is 5.81. The molecule has 0 spiro atoms. The smallest absolute Gasteiger partial charge is 0.129 e. The Balaban J connectivity index is 1.66. The molecule has 0 amide bonds. The van der Waals surface area contributed by atoms with Crippen molar-refractivity contribution in [2.75, 3.05) is 11.5 Å². The van der Waals surface area contributed by atoms with Crippen LogP contribution in [0.5, 0.6) is 11.5 Å². The summed E-state index contributed by atoms with van der Waals surface area (Å²) >= 11 is 0. The molecule has 2 aromatic rings. The lowest BCUT2D eigenvalue weighted by Crippen LogP contribution is -2.31. The Hall–Kier alpha value is -2.88. The topological polar surface area (TPSA) is 70.5 Å². The van der Waals surface area contributed by atoms with E-state index in [0.29, 0.717) is 17.8 Å².